The second-order valence-corrected chi connectivity index (χ2v) is 7.12. The first-order valence-electron chi connectivity index (χ1n) is 9.84. The molecule has 150 valence electrons. The first kappa shape index (κ1) is 19.1. The molecule has 8 heteroatoms. The summed E-state index contributed by atoms with van der Waals surface area (Å²) in [5.41, 5.74) is 1.37. The minimum absolute atomic E-state index is 0.275. The van der Waals surface area contributed by atoms with Gasteiger partial charge in [-0.15, -0.1) is 10.2 Å². The lowest BCUT2D eigenvalue weighted by molar-refractivity contribution is 0.101. The van der Waals surface area contributed by atoms with Crippen LogP contribution in [0.2, 0.25) is 0 Å². The molecule has 8 nitrogen and oxygen atoms in total. The Morgan fingerprint density at radius 3 is 2.48 bits per heavy atom. The molecule has 1 aliphatic rings. The van der Waals surface area contributed by atoms with Crippen LogP contribution >= 0.6 is 0 Å². The van der Waals surface area contributed by atoms with Gasteiger partial charge in [-0.05, 0) is 24.1 Å². The number of aromatic nitrogens is 4. The summed E-state index contributed by atoms with van der Waals surface area (Å²) >= 11 is 0. The van der Waals surface area contributed by atoms with Crippen LogP contribution in [0.4, 0.5) is 11.8 Å². The number of anilines is 2. The third kappa shape index (κ3) is 4.60. The Balaban J connectivity index is 1.32. The monoisotopic (exact) mass is 391 g/mol. The molecule has 4 rings (SSSR count). The van der Waals surface area contributed by atoms with E-state index >= 15 is 0 Å². The van der Waals surface area contributed by atoms with Crippen LogP contribution in [0.25, 0.3) is 0 Å². The Labute approximate surface area is 170 Å². The Morgan fingerprint density at radius 1 is 1.00 bits per heavy atom. The normalized spacial score (nSPS) is 14.7. The van der Waals surface area contributed by atoms with Gasteiger partial charge in [0.2, 0.25) is 11.8 Å². The molecule has 1 aliphatic heterocycles. The summed E-state index contributed by atoms with van der Waals surface area (Å²) in [4.78, 5) is 21.3. The predicted octanol–water partition coefficient (Wildman–Crippen LogP) is 1.83. The van der Waals surface area contributed by atoms with E-state index in [4.69, 9.17) is 0 Å². The van der Waals surface area contributed by atoms with Gasteiger partial charge >= 0.3 is 0 Å². The molecule has 3 heterocycles. The Hall–Kier alpha value is -3.26. The van der Waals surface area contributed by atoms with Crippen molar-refractivity contribution in [3.8, 4) is 0 Å². The molecular weight excluding hydrogens is 366 g/mol. The summed E-state index contributed by atoms with van der Waals surface area (Å²) in [5.74, 6) is 1.18. The number of rotatable bonds is 6. The van der Waals surface area contributed by atoms with E-state index in [0.717, 1.165) is 45.1 Å². The van der Waals surface area contributed by atoms with Crippen molar-refractivity contribution < 1.29 is 4.79 Å². The van der Waals surface area contributed by atoms with Crippen molar-refractivity contribution in [3.63, 3.8) is 0 Å². The molecule has 1 fully saturated rings. The first-order chi connectivity index (χ1) is 14.2. The van der Waals surface area contributed by atoms with Crippen molar-refractivity contribution in [2.75, 3.05) is 42.9 Å². The Kier molecular flexibility index (Phi) is 5.81. The third-order valence-electron chi connectivity index (χ3n) is 5.18. The van der Waals surface area contributed by atoms with E-state index in [-0.39, 0.29) is 11.7 Å². The van der Waals surface area contributed by atoms with E-state index in [0.29, 0.717) is 5.82 Å². The molecule has 0 atom stereocenters. The van der Waals surface area contributed by atoms with Crippen molar-refractivity contribution in [2.24, 2.45) is 7.05 Å². The molecule has 1 N–H and O–H groups in total. The molecule has 0 saturated carbocycles. The number of hydrogen-bond donors (Lipinski definition) is 1. The van der Waals surface area contributed by atoms with Crippen molar-refractivity contribution in [3.05, 3.63) is 66.1 Å². The highest BCUT2D eigenvalue weighted by Gasteiger charge is 2.24. The van der Waals surface area contributed by atoms with E-state index in [1.165, 1.54) is 5.56 Å². The molecule has 29 heavy (non-hydrogen) atoms. The number of pyridine rings is 1. The minimum Gasteiger partial charge on any atom is -0.338 e. The molecule has 3 aromatic rings. The lowest BCUT2D eigenvalue weighted by atomic mass is 10.1. The lowest BCUT2D eigenvalue weighted by Crippen LogP contribution is -2.47. The van der Waals surface area contributed by atoms with Crippen LogP contribution in [-0.2, 0) is 13.5 Å². The topological polar surface area (TPSA) is 79.2 Å². The highest BCUT2D eigenvalue weighted by Crippen LogP contribution is 2.15. The lowest BCUT2D eigenvalue weighted by Gasteiger charge is -2.35. The molecule has 0 bridgehead atoms. The molecule has 0 spiro atoms. The molecule has 0 radical (unpaired) electrons. The predicted molar refractivity (Wildman–Crippen MR) is 112 cm³/mol. The smallest absolute Gasteiger partial charge is 0.294 e. The average molecular weight is 391 g/mol. The van der Waals surface area contributed by atoms with Gasteiger partial charge in [0.1, 0.15) is 5.82 Å². The molecule has 1 aromatic carbocycles. The molecule has 0 aliphatic carbocycles. The minimum atomic E-state index is -0.313. The summed E-state index contributed by atoms with van der Waals surface area (Å²) in [6.45, 7) is 4.71. The molecule has 1 saturated heterocycles. The summed E-state index contributed by atoms with van der Waals surface area (Å²) in [6, 6.07) is 15.9. The molecule has 0 unspecified atom stereocenters. The second kappa shape index (κ2) is 8.83. The van der Waals surface area contributed by atoms with Crippen molar-refractivity contribution in [1.29, 1.82) is 0 Å². The van der Waals surface area contributed by atoms with Gasteiger partial charge in [0, 0.05) is 46.0 Å². The summed E-state index contributed by atoms with van der Waals surface area (Å²) in [5, 5.41) is 11.1. The Morgan fingerprint density at radius 2 is 1.76 bits per heavy atom. The van der Waals surface area contributed by atoms with Crippen molar-refractivity contribution >= 4 is 17.7 Å². The highest BCUT2D eigenvalue weighted by atomic mass is 16.2. The Bertz CT molecular complexity index is 934. The molecule has 1 amide bonds. The zero-order valence-electron chi connectivity index (χ0n) is 16.5. The van der Waals surface area contributed by atoms with Gasteiger partial charge in [0.25, 0.3) is 5.91 Å². The van der Waals surface area contributed by atoms with E-state index in [9.17, 15) is 4.79 Å². The van der Waals surface area contributed by atoms with Crippen LogP contribution in [0, 0.1) is 0 Å². The van der Waals surface area contributed by atoms with Gasteiger partial charge in [-0.3, -0.25) is 14.3 Å². The van der Waals surface area contributed by atoms with E-state index in [1.54, 1.807) is 22.9 Å². The number of amides is 1. The molecular formula is C21H25N7O. The fourth-order valence-electron chi connectivity index (χ4n) is 3.51. The van der Waals surface area contributed by atoms with Crippen molar-refractivity contribution in [2.45, 2.75) is 6.42 Å². The van der Waals surface area contributed by atoms with Crippen molar-refractivity contribution in [1.82, 2.24) is 24.6 Å². The van der Waals surface area contributed by atoms with Gasteiger partial charge < -0.3 is 10.2 Å². The number of piperazine rings is 1. The van der Waals surface area contributed by atoms with Gasteiger partial charge in [0.05, 0.1) is 0 Å². The maximum Gasteiger partial charge on any atom is 0.294 e. The van der Waals surface area contributed by atoms with Gasteiger partial charge in [-0.1, -0.05) is 36.4 Å². The van der Waals surface area contributed by atoms with Crippen LogP contribution < -0.4 is 10.2 Å². The summed E-state index contributed by atoms with van der Waals surface area (Å²) < 4.78 is 1.75. The number of hydrogen-bond acceptors (Lipinski definition) is 6. The zero-order valence-corrected chi connectivity index (χ0v) is 16.5. The van der Waals surface area contributed by atoms with E-state index in [1.807, 2.05) is 19.2 Å². The highest BCUT2D eigenvalue weighted by molar-refractivity contribution is 6.01. The number of nitrogens with zero attached hydrogens (tertiary/aromatic N) is 6. The largest absolute Gasteiger partial charge is 0.338 e. The summed E-state index contributed by atoms with van der Waals surface area (Å²) in [7, 11) is 1.82. The maximum atomic E-state index is 12.5. The first-order valence-corrected chi connectivity index (χ1v) is 9.84. The maximum absolute atomic E-state index is 12.5. The van der Waals surface area contributed by atoms with Gasteiger partial charge in [-0.2, -0.15) is 0 Å². The quantitative estimate of drug-likeness (QED) is 0.691. The van der Waals surface area contributed by atoms with Crippen LogP contribution in [0.3, 0.4) is 0 Å². The number of nitrogens with one attached hydrogen (secondary N) is 1. The number of carbonyl (C=O) groups excluding carboxylic acids is 1. The average Bonchev–Trinajstić information content (AvgIpc) is 3.15. The fraction of sp³-hybridized carbons (Fsp3) is 0.333. The summed E-state index contributed by atoms with van der Waals surface area (Å²) in [6.07, 6.45) is 2.69. The van der Waals surface area contributed by atoms with Gasteiger partial charge in [0.15, 0.2) is 0 Å². The van der Waals surface area contributed by atoms with Crippen LogP contribution in [-0.4, -0.2) is 63.3 Å². The second-order valence-electron chi connectivity index (χ2n) is 7.12. The number of carbonyl (C=O) groups is 1. The van der Waals surface area contributed by atoms with E-state index in [2.05, 4.69) is 54.6 Å². The fourth-order valence-corrected chi connectivity index (χ4v) is 3.51. The molecule has 2 aromatic heterocycles. The van der Waals surface area contributed by atoms with Gasteiger partial charge in [-0.25, -0.2) is 4.98 Å². The SMILES string of the molecule is Cn1c(C(=O)Nc2ccccn2)nnc1N1CCN(CCc2ccccc2)CC1. The number of benzene rings is 1. The van der Waals surface area contributed by atoms with Crippen LogP contribution in [0.1, 0.15) is 16.2 Å². The third-order valence-corrected chi connectivity index (χ3v) is 5.18. The zero-order chi connectivity index (χ0) is 20.1. The van der Waals surface area contributed by atoms with E-state index < -0.39 is 0 Å². The standard InChI is InChI=1S/C21H25N7O/c1-26-19(20(29)23-18-9-5-6-11-22-18)24-25-21(26)28-15-13-27(14-16-28)12-10-17-7-3-2-4-8-17/h2-9,11H,10,12-16H2,1H3,(H,22,23,29). The van der Waals surface area contributed by atoms with Crippen LogP contribution in [0.5, 0.6) is 0 Å². The van der Waals surface area contributed by atoms with Crippen LogP contribution in [0.15, 0.2) is 54.7 Å².